The van der Waals surface area contributed by atoms with Crippen molar-refractivity contribution in [1.82, 2.24) is 0 Å². The minimum atomic E-state index is -3.03. The molecule has 0 amide bonds. The number of thiol groups is 1. The molecule has 0 bridgehead atoms. The van der Waals surface area contributed by atoms with E-state index in [1.165, 1.54) is 12.1 Å². The van der Waals surface area contributed by atoms with Crippen molar-refractivity contribution >= 4 is 18.6 Å². The average Bonchev–Trinajstić information content (AvgIpc) is 2.32. The van der Waals surface area contributed by atoms with E-state index in [0.29, 0.717) is 5.56 Å². The highest BCUT2D eigenvalue weighted by atomic mass is 32.1. The number of nitriles is 1. The Labute approximate surface area is 114 Å². The molecule has 1 aromatic carbocycles. The highest BCUT2D eigenvalue weighted by molar-refractivity contribution is 7.80. The summed E-state index contributed by atoms with van der Waals surface area (Å²) in [4.78, 5) is 11.6. The first-order valence-electron chi connectivity index (χ1n) is 5.34. The summed E-state index contributed by atoms with van der Waals surface area (Å²) in [6.45, 7) is -1.13. The second-order valence-corrected chi connectivity index (χ2v) is 3.93. The lowest BCUT2D eigenvalue weighted by Crippen LogP contribution is -2.09. The normalized spacial score (nSPS) is 10.1. The maximum absolute atomic E-state index is 12.1. The molecule has 0 aliphatic rings. The summed E-state index contributed by atoms with van der Waals surface area (Å²) < 4.78 is 33.3. The van der Waals surface area contributed by atoms with E-state index in [1.54, 1.807) is 13.0 Å². The van der Waals surface area contributed by atoms with Gasteiger partial charge in [-0.15, -0.1) is 12.6 Å². The van der Waals surface area contributed by atoms with Crippen LogP contribution in [0.1, 0.15) is 18.1 Å². The lowest BCUT2D eigenvalue weighted by Gasteiger charge is -2.10. The largest absolute Gasteiger partial charge is 0.466 e. The van der Waals surface area contributed by atoms with E-state index in [4.69, 9.17) is 10.00 Å². The highest BCUT2D eigenvalue weighted by Crippen LogP contribution is 2.27. The third-order valence-corrected chi connectivity index (χ3v) is 2.57. The molecule has 1 aromatic rings. The van der Waals surface area contributed by atoms with E-state index >= 15 is 0 Å². The van der Waals surface area contributed by atoms with Gasteiger partial charge in [-0.1, -0.05) is 0 Å². The summed E-state index contributed by atoms with van der Waals surface area (Å²) >= 11 is 4.08. The Bertz CT molecular complexity index is 514. The Hall–Kier alpha value is -1.81. The van der Waals surface area contributed by atoms with Crippen molar-refractivity contribution in [1.29, 1.82) is 5.26 Å². The van der Waals surface area contributed by atoms with Crippen molar-refractivity contribution in [3.63, 3.8) is 0 Å². The van der Waals surface area contributed by atoms with Gasteiger partial charge >= 0.3 is 12.6 Å². The van der Waals surface area contributed by atoms with Crippen molar-refractivity contribution in [3.8, 4) is 11.8 Å². The molecule has 0 saturated heterocycles. The second kappa shape index (κ2) is 6.95. The van der Waals surface area contributed by atoms with Crippen LogP contribution in [0.3, 0.4) is 0 Å². The van der Waals surface area contributed by atoms with Gasteiger partial charge in [0.15, 0.2) is 0 Å². The minimum absolute atomic E-state index is 0.0857. The van der Waals surface area contributed by atoms with E-state index in [0.717, 1.165) is 0 Å². The zero-order valence-corrected chi connectivity index (χ0v) is 10.9. The maximum atomic E-state index is 12.1. The number of rotatable bonds is 5. The second-order valence-electron chi connectivity index (χ2n) is 3.45. The van der Waals surface area contributed by atoms with Crippen LogP contribution in [0.4, 0.5) is 8.78 Å². The van der Waals surface area contributed by atoms with Gasteiger partial charge < -0.3 is 9.47 Å². The number of esters is 1. The predicted octanol–water partition coefficient (Wildman–Crippen LogP) is 2.55. The Morgan fingerprint density at radius 2 is 2.21 bits per heavy atom. The minimum Gasteiger partial charge on any atom is -0.466 e. The molecule has 0 unspecified atom stereocenters. The highest BCUT2D eigenvalue weighted by Gasteiger charge is 2.15. The Balaban J connectivity index is 3.03. The first-order valence-corrected chi connectivity index (χ1v) is 5.79. The van der Waals surface area contributed by atoms with Gasteiger partial charge in [-0.25, -0.2) is 0 Å². The zero-order valence-electron chi connectivity index (χ0n) is 10.0. The van der Waals surface area contributed by atoms with E-state index in [1.807, 2.05) is 0 Å². The van der Waals surface area contributed by atoms with Crippen LogP contribution in [-0.2, 0) is 16.0 Å². The van der Waals surface area contributed by atoms with Gasteiger partial charge in [0.25, 0.3) is 0 Å². The number of halogens is 2. The van der Waals surface area contributed by atoms with Crippen molar-refractivity contribution < 1.29 is 23.0 Å². The van der Waals surface area contributed by atoms with Crippen LogP contribution >= 0.6 is 12.6 Å². The summed E-state index contributed by atoms with van der Waals surface area (Å²) in [6.07, 6.45) is -0.0870. The number of hydrogen-bond acceptors (Lipinski definition) is 5. The van der Waals surface area contributed by atoms with E-state index < -0.39 is 12.6 Å². The van der Waals surface area contributed by atoms with Crippen molar-refractivity contribution in [2.45, 2.75) is 24.9 Å². The fourth-order valence-electron chi connectivity index (χ4n) is 1.40. The molecule has 0 radical (unpaired) electrons. The summed E-state index contributed by atoms with van der Waals surface area (Å²) in [7, 11) is 0. The molecule has 19 heavy (non-hydrogen) atoms. The SMILES string of the molecule is CCOC(=O)Cc1cc(C#N)c(OC(F)F)cc1S. The molecule has 102 valence electrons. The van der Waals surface area contributed by atoms with Gasteiger partial charge in [0.2, 0.25) is 0 Å². The molecule has 0 aromatic heterocycles. The number of carbonyl (C=O) groups excluding carboxylic acids is 1. The van der Waals surface area contributed by atoms with Crippen LogP contribution in [0.25, 0.3) is 0 Å². The first-order chi connectivity index (χ1) is 8.97. The molecule has 0 heterocycles. The standard InChI is InChI=1S/C12H11F2NO3S/c1-2-17-11(16)4-7-3-8(6-15)9(5-10(7)19)18-12(13)14/h3,5,12,19H,2,4H2,1H3. The maximum Gasteiger partial charge on any atom is 0.387 e. The van der Waals surface area contributed by atoms with Gasteiger partial charge in [-0.2, -0.15) is 14.0 Å². The van der Waals surface area contributed by atoms with E-state index in [2.05, 4.69) is 17.4 Å². The van der Waals surface area contributed by atoms with E-state index in [9.17, 15) is 13.6 Å². The molecular weight excluding hydrogens is 276 g/mol. The molecule has 4 nitrogen and oxygen atoms in total. The van der Waals surface area contributed by atoms with Crippen molar-refractivity contribution in [2.75, 3.05) is 6.61 Å². The number of ether oxygens (including phenoxy) is 2. The van der Waals surface area contributed by atoms with Crippen LogP contribution < -0.4 is 4.74 Å². The molecule has 0 saturated carbocycles. The van der Waals surface area contributed by atoms with Gasteiger partial charge in [-0.3, -0.25) is 4.79 Å². The lowest BCUT2D eigenvalue weighted by atomic mass is 10.1. The number of carbonyl (C=O) groups is 1. The zero-order chi connectivity index (χ0) is 14.4. The Kier molecular flexibility index (Phi) is 5.57. The predicted molar refractivity (Wildman–Crippen MR) is 65.4 cm³/mol. The van der Waals surface area contributed by atoms with Crippen molar-refractivity contribution in [3.05, 3.63) is 23.3 Å². The fraction of sp³-hybridized carbons (Fsp3) is 0.333. The Morgan fingerprint density at radius 3 is 2.74 bits per heavy atom. The third-order valence-electron chi connectivity index (χ3n) is 2.16. The van der Waals surface area contributed by atoms with Crippen molar-refractivity contribution in [2.24, 2.45) is 0 Å². The van der Waals surface area contributed by atoms with Gasteiger partial charge in [0.1, 0.15) is 11.8 Å². The number of hydrogen-bond donors (Lipinski definition) is 1. The number of nitrogens with zero attached hydrogens (tertiary/aromatic N) is 1. The molecule has 0 aliphatic heterocycles. The topological polar surface area (TPSA) is 59.3 Å². The first kappa shape index (κ1) is 15.2. The van der Waals surface area contributed by atoms with Gasteiger partial charge in [0.05, 0.1) is 18.6 Å². The summed E-state index contributed by atoms with van der Waals surface area (Å²) in [5, 5.41) is 8.87. The average molecular weight is 287 g/mol. The van der Waals surface area contributed by atoms with E-state index in [-0.39, 0.29) is 29.2 Å². The van der Waals surface area contributed by atoms with Crippen LogP contribution in [0, 0.1) is 11.3 Å². The molecule has 0 N–H and O–H groups in total. The molecule has 0 atom stereocenters. The summed E-state index contributed by atoms with van der Waals surface area (Å²) in [5.41, 5.74) is 0.331. The van der Waals surface area contributed by atoms with Crippen LogP contribution in [-0.4, -0.2) is 19.2 Å². The summed E-state index contributed by atoms with van der Waals surface area (Å²) in [6, 6.07) is 4.20. The van der Waals surface area contributed by atoms with Gasteiger partial charge in [0, 0.05) is 4.90 Å². The monoisotopic (exact) mass is 287 g/mol. The third kappa shape index (κ3) is 4.41. The molecule has 0 fully saturated rings. The lowest BCUT2D eigenvalue weighted by molar-refractivity contribution is -0.142. The van der Waals surface area contributed by atoms with Crippen LogP contribution in [0.2, 0.25) is 0 Å². The molecule has 0 spiro atoms. The Morgan fingerprint density at radius 1 is 1.53 bits per heavy atom. The fourth-order valence-corrected chi connectivity index (χ4v) is 1.66. The molecule has 7 heteroatoms. The smallest absolute Gasteiger partial charge is 0.387 e. The molecular formula is C12H11F2NO3S. The van der Waals surface area contributed by atoms with Crippen LogP contribution in [0.5, 0.6) is 5.75 Å². The quantitative estimate of drug-likeness (QED) is 0.668. The summed E-state index contributed by atoms with van der Waals surface area (Å²) in [5.74, 6) is -0.751. The number of benzene rings is 1. The molecule has 1 rings (SSSR count). The van der Waals surface area contributed by atoms with Crippen LogP contribution in [0.15, 0.2) is 17.0 Å². The molecule has 0 aliphatic carbocycles. The number of alkyl halides is 2. The van der Waals surface area contributed by atoms with Gasteiger partial charge in [-0.05, 0) is 24.6 Å².